The van der Waals surface area contributed by atoms with E-state index in [4.69, 9.17) is 0 Å². The van der Waals surface area contributed by atoms with E-state index >= 15 is 0 Å². The molecule has 1 heteroatoms. The minimum atomic E-state index is 0. The van der Waals surface area contributed by atoms with E-state index in [1.54, 1.807) is 0 Å². The van der Waals surface area contributed by atoms with Crippen molar-refractivity contribution in [2.45, 2.75) is 19.3 Å². The van der Waals surface area contributed by atoms with Gasteiger partial charge in [-0.2, -0.15) is 18.2 Å². The van der Waals surface area contributed by atoms with Crippen LogP contribution in [-0.4, -0.2) is 0 Å². The van der Waals surface area contributed by atoms with Crippen LogP contribution < -0.4 is 0 Å². The van der Waals surface area contributed by atoms with Crippen molar-refractivity contribution in [2.24, 2.45) is 0 Å². The molecule has 0 heterocycles. The summed E-state index contributed by atoms with van der Waals surface area (Å²) >= 11 is 0. The Kier molecular flexibility index (Phi) is 12.6. The molecule has 0 bridgehead atoms. The molecule has 0 aliphatic heterocycles. The smallest absolute Gasteiger partial charge is 0 e. The Morgan fingerprint density at radius 1 is 0.562 bits per heavy atom. The number of allylic oxidation sites excluding steroid dienone is 12. The maximum atomic E-state index is 2.99. The van der Waals surface area contributed by atoms with Crippen LogP contribution in [0.4, 0.5) is 0 Å². The average molecular weight is 427 g/mol. The summed E-state index contributed by atoms with van der Waals surface area (Å²) in [5.41, 5.74) is 0. The fourth-order valence-electron chi connectivity index (χ4n) is 1.02. The molecule has 0 radical (unpaired) electrons. The van der Waals surface area contributed by atoms with Gasteiger partial charge in [-0.3, -0.25) is 18.2 Å². The molecule has 82 valence electrons. The van der Waals surface area contributed by atoms with Gasteiger partial charge in [-0.15, -0.1) is 19.3 Å². The molecule has 3 aliphatic rings. The Balaban J connectivity index is 0.000000205. The normalized spacial score (nSPS) is 16.5. The third-order valence-corrected chi connectivity index (χ3v) is 1.76. The van der Waals surface area contributed by atoms with E-state index in [0.29, 0.717) is 0 Å². The second-order valence-electron chi connectivity index (χ2n) is 3.01. The third kappa shape index (κ3) is 10.3. The molecule has 0 saturated carbocycles. The van der Waals surface area contributed by atoms with E-state index in [0.717, 1.165) is 19.3 Å². The predicted molar refractivity (Wildman–Crippen MR) is 64.7 cm³/mol. The number of hydrogen-bond donors (Lipinski definition) is 0. The standard InChI is InChI=1S/3C5H5.Th/c3*1-2-4-5-3-1;/h3*1-3H,4H2;/q3*-1;. The topological polar surface area (TPSA) is 0 Å². The molecule has 0 nitrogen and oxygen atoms in total. The molecule has 0 unspecified atom stereocenters. The van der Waals surface area contributed by atoms with Gasteiger partial charge in [-0.25, -0.2) is 36.5 Å². The first kappa shape index (κ1) is 15.8. The molecule has 0 aromatic heterocycles. The van der Waals surface area contributed by atoms with Crippen LogP contribution in [0.3, 0.4) is 0 Å². The third-order valence-electron chi connectivity index (χ3n) is 1.76. The summed E-state index contributed by atoms with van der Waals surface area (Å²) in [5.74, 6) is 0. The quantitative estimate of drug-likeness (QED) is 0.515. The molecule has 0 aromatic rings. The van der Waals surface area contributed by atoms with Gasteiger partial charge in [0, 0.05) is 39.9 Å². The van der Waals surface area contributed by atoms with Crippen molar-refractivity contribution in [2.75, 3.05) is 0 Å². The van der Waals surface area contributed by atoms with E-state index in [1.807, 2.05) is 36.5 Å². The monoisotopic (exact) mass is 427 g/mol. The van der Waals surface area contributed by atoms with Gasteiger partial charge in [0.25, 0.3) is 0 Å². The largest absolute Gasteiger partial charge is 0.273 e. The first-order valence-corrected chi connectivity index (χ1v) is 5.15. The molecular formula is C15H15Th-3. The Morgan fingerprint density at radius 2 is 0.875 bits per heavy atom. The molecule has 0 atom stereocenters. The fraction of sp³-hybridized carbons (Fsp3) is 0.200. The molecule has 3 rings (SSSR count). The van der Waals surface area contributed by atoms with Gasteiger partial charge in [-0.05, 0) is 0 Å². The van der Waals surface area contributed by atoms with E-state index in [2.05, 4.69) is 36.5 Å². The van der Waals surface area contributed by atoms with Crippen LogP contribution in [0.25, 0.3) is 0 Å². The van der Waals surface area contributed by atoms with Gasteiger partial charge in [0.1, 0.15) is 0 Å². The van der Waals surface area contributed by atoms with E-state index in [9.17, 15) is 0 Å². The van der Waals surface area contributed by atoms with Gasteiger partial charge in [0.2, 0.25) is 0 Å². The van der Waals surface area contributed by atoms with Crippen molar-refractivity contribution in [1.82, 2.24) is 0 Å². The van der Waals surface area contributed by atoms with Gasteiger partial charge < -0.3 is 0 Å². The van der Waals surface area contributed by atoms with Crippen molar-refractivity contribution < 1.29 is 39.9 Å². The second kappa shape index (κ2) is 12.8. The van der Waals surface area contributed by atoms with Crippen molar-refractivity contribution in [1.29, 1.82) is 0 Å². The van der Waals surface area contributed by atoms with E-state index in [1.165, 1.54) is 0 Å². The summed E-state index contributed by atoms with van der Waals surface area (Å²) in [6.07, 6.45) is 30.0. The molecule has 3 aliphatic carbocycles. The maximum absolute atomic E-state index is 2.99. The number of hydrogen-bond acceptors (Lipinski definition) is 0. The summed E-state index contributed by atoms with van der Waals surface area (Å²) in [6.45, 7) is 0. The first-order valence-electron chi connectivity index (χ1n) is 5.15. The van der Waals surface area contributed by atoms with Crippen LogP contribution in [0.2, 0.25) is 0 Å². The van der Waals surface area contributed by atoms with Crippen LogP contribution in [0, 0.1) is 58.2 Å². The zero-order valence-electron chi connectivity index (χ0n) is 9.32. The van der Waals surface area contributed by atoms with Crippen molar-refractivity contribution in [3.05, 3.63) is 72.9 Å². The molecule has 0 spiro atoms. The molecule has 0 fully saturated rings. The van der Waals surface area contributed by atoms with Gasteiger partial charge >= 0.3 is 0 Å². The Bertz CT molecular complexity index is 232. The Morgan fingerprint density at radius 3 is 0.938 bits per heavy atom. The summed E-state index contributed by atoms with van der Waals surface area (Å²) < 4.78 is 0. The Labute approximate surface area is 131 Å². The molecule has 0 aromatic carbocycles. The Hall–Kier alpha value is -0.235. The summed E-state index contributed by atoms with van der Waals surface area (Å²) in [5, 5.41) is 0. The summed E-state index contributed by atoms with van der Waals surface area (Å²) in [6, 6.07) is 0. The van der Waals surface area contributed by atoms with Gasteiger partial charge in [-0.1, -0.05) is 0 Å². The summed E-state index contributed by atoms with van der Waals surface area (Å²) in [4.78, 5) is 0. The van der Waals surface area contributed by atoms with E-state index in [-0.39, 0.29) is 39.9 Å². The number of rotatable bonds is 0. The molecule has 0 amide bonds. The van der Waals surface area contributed by atoms with Crippen LogP contribution in [0.15, 0.2) is 54.7 Å². The van der Waals surface area contributed by atoms with Crippen molar-refractivity contribution in [3.63, 3.8) is 0 Å². The molecule has 0 N–H and O–H groups in total. The molecule has 0 saturated heterocycles. The zero-order chi connectivity index (χ0) is 10.6. The molecule has 16 heavy (non-hydrogen) atoms. The van der Waals surface area contributed by atoms with Crippen molar-refractivity contribution in [3.8, 4) is 0 Å². The fourth-order valence-corrected chi connectivity index (χ4v) is 1.02. The van der Waals surface area contributed by atoms with Gasteiger partial charge in [0.05, 0.1) is 0 Å². The van der Waals surface area contributed by atoms with Crippen LogP contribution in [0.5, 0.6) is 0 Å². The first-order chi connectivity index (χ1) is 7.50. The predicted octanol–water partition coefficient (Wildman–Crippen LogP) is 3.92. The minimum absolute atomic E-state index is 0. The van der Waals surface area contributed by atoms with Gasteiger partial charge in [0.15, 0.2) is 0 Å². The van der Waals surface area contributed by atoms with Crippen molar-refractivity contribution >= 4 is 0 Å². The maximum Gasteiger partial charge on any atom is 0 e. The van der Waals surface area contributed by atoms with Crippen LogP contribution in [-0.2, 0) is 0 Å². The molecular weight excluding hydrogens is 412 g/mol. The SMILES string of the molecule is [C-]1=CC=CC1.[C-]1=CC=CC1.[C-]1=CC=CC1.[Th]. The van der Waals surface area contributed by atoms with Crippen LogP contribution in [0.1, 0.15) is 19.3 Å². The van der Waals surface area contributed by atoms with E-state index < -0.39 is 0 Å². The summed E-state index contributed by atoms with van der Waals surface area (Å²) in [7, 11) is 0. The minimum Gasteiger partial charge on any atom is -0.273 e. The second-order valence-corrected chi connectivity index (χ2v) is 3.01. The average Bonchev–Trinajstić information content (AvgIpc) is 3.09. The zero-order valence-corrected chi connectivity index (χ0v) is 13.4. The van der Waals surface area contributed by atoms with Crippen LogP contribution >= 0.6 is 0 Å².